The molecule has 0 saturated carbocycles. The molecule has 5 heteroatoms. The van der Waals surface area contributed by atoms with Gasteiger partial charge in [0.25, 0.3) is 5.91 Å². The maximum absolute atomic E-state index is 12.3. The molecule has 0 heterocycles. The molecular formula is C19H23NO4. The average molecular weight is 329 g/mol. The first kappa shape index (κ1) is 17.7. The summed E-state index contributed by atoms with van der Waals surface area (Å²) in [6, 6.07) is 13.2. The molecule has 0 radical (unpaired) electrons. The van der Waals surface area contributed by atoms with Gasteiger partial charge in [-0.15, -0.1) is 0 Å². The van der Waals surface area contributed by atoms with Gasteiger partial charge in [-0.25, -0.2) is 0 Å². The van der Waals surface area contributed by atoms with Crippen molar-refractivity contribution in [2.45, 2.75) is 13.5 Å². The van der Waals surface area contributed by atoms with Crippen molar-refractivity contribution in [3.63, 3.8) is 0 Å². The maximum Gasteiger partial charge on any atom is 0.260 e. The van der Waals surface area contributed by atoms with E-state index in [-0.39, 0.29) is 12.5 Å². The lowest BCUT2D eigenvalue weighted by Gasteiger charge is -2.19. The van der Waals surface area contributed by atoms with Gasteiger partial charge in [0.05, 0.1) is 14.2 Å². The zero-order chi connectivity index (χ0) is 17.5. The first-order chi connectivity index (χ1) is 11.5. The lowest BCUT2D eigenvalue weighted by Crippen LogP contribution is -2.31. The number of likely N-dealkylation sites (N-methyl/N-ethyl adjacent to an activating group) is 1. The molecule has 0 fully saturated rings. The smallest absolute Gasteiger partial charge is 0.260 e. The number of hydrogen-bond acceptors (Lipinski definition) is 4. The van der Waals surface area contributed by atoms with Gasteiger partial charge < -0.3 is 19.1 Å². The van der Waals surface area contributed by atoms with Crippen molar-refractivity contribution < 1.29 is 19.0 Å². The molecule has 0 aliphatic heterocycles. The second-order valence-corrected chi connectivity index (χ2v) is 5.53. The van der Waals surface area contributed by atoms with Gasteiger partial charge in [-0.3, -0.25) is 4.79 Å². The van der Waals surface area contributed by atoms with Crippen LogP contribution in [0.1, 0.15) is 11.1 Å². The van der Waals surface area contributed by atoms with E-state index in [1.807, 2.05) is 43.3 Å². The van der Waals surface area contributed by atoms with Crippen LogP contribution in [0.25, 0.3) is 0 Å². The molecule has 24 heavy (non-hydrogen) atoms. The minimum atomic E-state index is -0.102. The van der Waals surface area contributed by atoms with E-state index in [0.29, 0.717) is 23.8 Å². The predicted molar refractivity (Wildman–Crippen MR) is 92.7 cm³/mol. The Labute approximate surface area is 142 Å². The third-order valence-corrected chi connectivity index (χ3v) is 3.68. The summed E-state index contributed by atoms with van der Waals surface area (Å²) in [5, 5.41) is 0. The summed E-state index contributed by atoms with van der Waals surface area (Å²) < 4.78 is 16.1. The summed E-state index contributed by atoms with van der Waals surface area (Å²) in [5.41, 5.74) is 2.00. The van der Waals surface area contributed by atoms with Crippen LogP contribution in [0.4, 0.5) is 0 Å². The van der Waals surface area contributed by atoms with Gasteiger partial charge in [0, 0.05) is 25.2 Å². The number of rotatable bonds is 7. The van der Waals surface area contributed by atoms with Crippen molar-refractivity contribution >= 4 is 5.91 Å². The van der Waals surface area contributed by atoms with E-state index < -0.39 is 0 Å². The first-order valence-electron chi connectivity index (χ1n) is 7.68. The van der Waals surface area contributed by atoms with Gasteiger partial charge >= 0.3 is 0 Å². The highest BCUT2D eigenvalue weighted by Crippen LogP contribution is 2.25. The molecule has 0 aromatic heterocycles. The maximum atomic E-state index is 12.3. The first-order valence-corrected chi connectivity index (χ1v) is 7.68. The van der Waals surface area contributed by atoms with Gasteiger partial charge in [0.1, 0.15) is 17.2 Å². The van der Waals surface area contributed by atoms with Crippen LogP contribution < -0.4 is 14.2 Å². The van der Waals surface area contributed by atoms with Gasteiger partial charge in [-0.05, 0) is 36.8 Å². The summed E-state index contributed by atoms with van der Waals surface area (Å²) in [6.07, 6.45) is 0. The number of carbonyl (C=O) groups is 1. The van der Waals surface area contributed by atoms with Crippen molar-refractivity contribution in [3.8, 4) is 17.2 Å². The molecule has 2 rings (SSSR count). The normalized spacial score (nSPS) is 10.2. The zero-order valence-corrected chi connectivity index (χ0v) is 14.5. The Morgan fingerprint density at radius 2 is 1.83 bits per heavy atom. The summed E-state index contributed by atoms with van der Waals surface area (Å²) in [7, 11) is 4.94. The minimum absolute atomic E-state index is 0.00156. The van der Waals surface area contributed by atoms with E-state index in [1.54, 1.807) is 32.2 Å². The number of aryl methyl sites for hydroxylation is 1. The average Bonchev–Trinajstić information content (AvgIpc) is 2.60. The fourth-order valence-corrected chi connectivity index (χ4v) is 2.29. The topological polar surface area (TPSA) is 48.0 Å². The highest BCUT2D eigenvalue weighted by atomic mass is 16.5. The second-order valence-electron chi connectivity index (χ2n) is 5.53. The Balaban J connectivity index is 1.96. The Morgan fingerprint density at radius 3 is 2.50 bits per heavy atom. The van der Waals surface area contributed by atoms with Crippen LogP contribution in [0.2, 0.25) is 0 Å². The van der Waals surface area contributed by atoms with E-state index >= 15 is 0 Å². The van der Waals surface area contributed by atoms with Crippen LogP contribution in [-0.4, -0.2) is 38.7 Å². The summed E-state index contributed by atoms with van der Waals surface area (Å²) in [6.45, 7) is 2.42. The Bertz CT molecular complexity index is 700. The van der Waals surface area contributed by atoms with Crippen molar-refractivity contribution in [1.29, 1.82) is 0 Å². The SMILES string of the molecule is COc1ccc(CN(C)C(=O)COc2cccc(C)c2)c(OC)c1. The molecule has 0 spiro atoms. The van der Waals surface area contributed by atoms with Crippen LogP contribution in [-0.2, 0) is 11.3 Å². The molecule has 0 bridgehead atoms. The number of ether oxygens (including phenoxy) is 3. The number of amides is 1. The lowest BCUT2D eigenvalue weighted by molar-refractivity contribution is -0.132. The number of hydrogen-bond donors (Lipinski definition) is 0. The third-order valence-electron chi connectivity index (χ3n) is 3.68. The fourth-order valence-electron chi connectivity index (χ4n) is 2.29. The highest BCUT2D eigenvalue weighted by molar-refractivity contribution is 5.77. The molecular weight excluding hydrogens is 306 g/mol. The van der Waals surface area contributed by atoms with Gasteiger partial charge in [0.15, 0.2) is 6.61 Å². The van der Waals surface area contributed by atoms with Gasteiger partial charge in [0.2, 0.25) is 0 Å². The minimum Gasteiger partial charge on any atom is -0.497 e. The lowest BCUT2D eigenvalue weighted by atomic mass is 10.2. The molecule has 0 atom stereocenters. The molecule has 0 N–H and O–H groups in total. The monoisotopic (exact) mass is 329 g/mol. The molecule has 0 saturated heterocycles. The Hall–Kier alpha value is -2.69. The van der Waals surface area contributed by atoms with E-state index in [0.717, 1.165) is 11.1 Å². The molecule has 0 aliphatic rings. The number of carbonyl (C=O) groups excluding carboxylic acids is 1. The van der Waals surface area contributed by atoms with Gasteiger partial charge in [-0.1, -0.05) is 12.1 Å². The molecule has 0 aliphatic carbocycles. The van der Waals surface area contributed by atoms with Crippen molar-refractivity contribution in [1.82, 2.24) is 4.90 Å². The summed E-state index contributed by atoms with van der Waals surface area (Å²) in [5.74, 6) is 1.99. The van der Waals surface area contributed by atoms with E-state index in [4.69, 9.17) is 14.2 Å². The fraction of sp³-hybridized carbons (Fsp3) is 0.316. The highest BCUT2D eigenvalue weighted by Gasteiger charge is 2.13. The van der Waals surface area contributed by atoms with Crippen molar-refractivity contribution in [3.05, 3.63) is 53.6 Å². The molecule has 5 nitrogen and oxygen atoms in total. The Kier molecular flexibility index (Phi) is 6.07. The van der Waals surface area contributed by atoms with Gasteiger partial charge in [-0.2, -0.15) is 0 Å². The van der Waals surface area contributed by atoms with E-state index in [2.05, 4.69) is 0 Å². The number of nitrogens with zero attached hydrogens (tertiary/aromatic N) is 1. The molecule has 128 valence electrons. The number of methoxy groups -OCH3 is 2. The van der Waals surface area contributed by atoms with Crippen LogP contribution in [0, 0.1) is 6.92 Å². The standard InChI is InChI=1S/C19H23NO4/c1-14-6-5-7-17(10-14)24-13-19(21)20(2)12-15-8-9-16(22-3)11-18(15)23-4/h5-11H,12-13H2,1-4H3. The Morgan fingerprint density at radius 1 is 1.04 bits per heavy atom. The van der Waals surface area contributed by atoms with E-state index in [9.17, 15) is 4.79 Å². The van der Waals surface area contributed by atoms with Crippen LogP contribution in [0.15, 0.2) is 42.5 Å². The van der Waals surface area contributed by atoms with Crippen molar-refractivity contribution in [2.24, 2.45) is 0 Å². The molecule has 2 aromatic rings. The summed E-state index contributed by atoms with van der Waals surface area (Å²) >= 11 is 0. The van der Waals surface area contributed by atoms with E-state index in [1.165, 1.54) is 0 Å². The molecule has 2 aromatic carbocycles. The second kappa shape index (κ2) is 8.24. The predicted octanol–water partition coefficient (Wildman–Crippen LogP) is 3.05. The molecule has 0 unspecified atom stereocenters. The third kappa shape index (κ3) is 4.65. The molecule has 1 amide bonds. The number of benzene rings is 2. The van der Waals surface area contributed by atoms with Crippen LogP contribution >= 0.6 is 0 Å². The van der Waals surface area contributed by atoms with Crippen LogP contribution in [0.3, 0.4) is 0 Å². The zero-order valence-electron chi connectivity index (χ0n) is 14.5. The quantitative estimate of drug-likeness (QED) is 0.783. The van der Waals surface area contributed by atoms with Crippen molar-refractivity contribution in [2.75, 3.05) is 27.9 Å². The summed E-state index contributed by atoms with van der Waals surface area (Å²) in [4.78, 5) is 13.9. The largest absolute Gasteiger partial charge is 0.497 e. The van der Waals surface area contributed by atoms with Crippen LogP contribution in [0.5, 0.6) is 17.2 Å².